The van der Waals surface area contributed by atoms with Gasteiger partial charge in [-0.05, 0) is 36.5 Å². The number of sulfonamides is 1. The number of para-hydroxylation sites is 1. The van der Waals surface area contributed by atoms with E-state index in [4.69, 9.17) is 0 Å². The lowest BCUT2D eigenvalue weighted by Gasteiger charge is -2.30. The number of nitrogens with one attached hydrogen (secondary N) is 2. The van der Waals surface area contributed by atoms with Crippen molar-refractivity contribution in [1.82, 2.24) is 9.62 Å². The molecule has 0 aromatic heterocycles. The lowest BCUT2D eigenvalue weighted by Crippen LogP contribution is -2.42. The molecule has 8 heteroatoms. The highest BCUT2D eigenvalue weighted by Gasteiger charge is 2.31. The van der Waals surface area contributed by atoms with Crippen LogP contribution < -0.4 is 10.6 Å². The summed E-state index contributed by atoms with van der Waals surface area (Å²) < 4.78 is 26.9. The number of benzene rings is 2. The van der Waals surface area contributed by atoms with Crippen molar-refractivity contribution in [1.29, 1.82) is 0 Å². The van der Waals surface area contributed by atoms with Crippen LogP contribution in [0.1, 0.15) is 42.6 Å². The van der Waals surface area contributed by atoms with E-state index in [0.717, 1.165) is 5.56 Å². The van der Waals surface area contributed by atoms with Crippen LogP contribution >= 0.6 is 0 Å². The quantitative estimate of drug-likeness (QED) is 0.636. The first-order valence-electron chi connectivity index (χ1n) is 11.0. The summed E-state index contributed by atoms with van der Waals surface area (Å²) in [6, 6.07) is 16.0. The van der Waals surface area contributed by atoms with Gasteiger partial charge in [0.1, 0.15) is 0 Å². The number of amides is 2. The third-order valence-corrected chi connectivity index (χ3v) is 7.36. The molecule has 0 unspecified atom stereocenters. The van der Waals surface area contributed by atoms with E-state index in [9.17, 15) is 18.0 Å². The molecule has 172 valence electrons. The molecule has 1 heterocycles. The Morgan fingerprint density at radius 2 is 1.62 bits per heavy atom. The van der Waals surface area contributed by atoms with E-state index in [1.165, 1.54) is 4.31 Å². The standard InChI is InChI=1S/C24H31N3O4S/c1-18(2)16-25-24(29)21-10-6-7-11-22(21)26-23(28)20-12-14-27(15-13-20)32(30,31)17-19-8-4-3-5-9-19/h3-11,18,20H,12-17H2,1-2H3,(H,25,29)(H,26,28). The molecule has 0 spiro atoms. The molecule has 32 heavy (non-hydrogen) atoms. The van der Waals surface area contributed by atoms with Gasteiger partial charge in [0.25, 0.3) is 5.91 Å². The van der Waals surface area contributed by atoms with E-state index in [-0.39, 0.29) is 23.5 Å². The maximum absolute atomic E-state index is 12.8. The molecule has 1 saturated heterocycles. The van der Waals surface area contributed by atoms with Gasteiger partial charge in [-0.25, -0.2) is 12.7 Å². The Labute approximate surface area is 190 Å². The first-order chi connectivity index (χ1) is 15.3. The lowest BCUT2D eigenvalue weighted by molar-refractivity contribution is -0.120. The van der Waals surface area contributed by atoms with Crippen LogP contribution in [0.2, 0.25) is 0 Å². The lowest BCUT2D eigenvalue weighted by atomic mass is 9.97. The average Bonchev–Trinajstić information content (AvgIpc) is 2.78. The Balaban J connectivity index is 1.58. The number of nitrogens with zero attached hydrogens (tertiary/aromatic N) is 1. The molecule has 1 fully saturated rings. The minimum absolute atomic E-state index is 0.0381. The normalized spacial score (nSPS) is 15.5. The zero-order valence-electron chi connectivity index (χ0n) is 18.6. The minimum Gasteiger partial charge on any atom is -0.352 e. The van der Waals surface area contributed by atoms with Gasteiger partial charge < -0.3 is 10.6 Å². The van der Waals surface area contributed by atoms with Crippen molar-refractivity contribution in [3.8, 4) is 0 Å². The summed E-state index contributed by atoms with van der Waals surface area (Å²) in [5, 5.41) is 5.74. The Morgan fingerprint density at radius 1 is 1.00 bits per heavy atom. The van der Waals surface area contributed by atoms with E-state index >= 15 is 0 Å². The first-order valence-corrected chi connectivity index (χ1v) is 12.6. The van der Waals surface area contributed by atoms with Crippen LogP contribution in [-0.4, -0.2) is 44.2 Å². The highest BCUT2D eigenvalue weighted by atomic mass is 32.2. The van der Waals surface area contributed by atoms with Crippen molar-refractivity contribution in [3.63, 3.8) is 0 Å². The monoisotopic (exact) mass is 457 g/mol. The SMILES string of the molecule is CC(C)CNC(=O)c1ccccc1NC(=O)C1CCN(S(=O)(=O)Cc2ccccc2)CC1. The van der Waals surface area contributed by atoms with Gasteiger partial charge in [0.2, 0.25) is 15.9 Å². The number of carbonyl (C=O) groups excluding carboxylic acids is 2. The topological polar surface area (TPSA) is 95.6 Å². The molecule has 0 bridgehead atoms. The Bertz CT molecular complexity index is 1030. The summed E-state index contributed by atoms with van der Waals surface area (Å²) in [4.78, 5) is 25.3. The minimum atomic E-state index is -3.43. The van der Waals surface area contributed by atoms with Gasteiger partial charge in [0, 0.05) is 25.6 Å². The zero-order chi connectivity index (χ0) is 23.1. The van der Waals surface area contributed by atoms with Crippen LogP contribution in [0.4, 0.5) is 5.69 Å². The van der Waals surface area contributed by atoms with Gasteiger partial charge in [-0.1, -0.05) is 56.3 Å². The van der Waals surface area contributed by atoms with Gasteiger partial charge in [-0.15, -0.1) is 0 Å². The van der Waals surface area contributed by atoms with Crippen LogP contribution in [0.3, 0.4) is 0 Å². The molecule has 2 amide bonds. The number of hydrogen-bond acceptors (Lipinski definition) is 4. The highest BCUT2D eigenvalue weighted by molar-refractivity contribution is 7.88. The van der Waals surface area contributed by atoms with Gasteiger partial charge in [0.05, 0.1) is 17.0 Å². The fourth-order valence-electron chi connectivity index (χ4n) is 3.69. The maximum atomic E-state index is 12.8. The van der Waals surface area contributed by atoms with Crippen LogP contribution in [0.25, 0.3) is 0 Å². The van der Waals surface area contributed by atoms with Crippen LogP contribution in [-0.2, 0) is 20.6 Å². The highest BCUT2D eigenvalue weighted by Crippen LogP contribution is 2.24. The summed E-state index contributed by atoms with van der Waals surface area (Å²) in [5.41, 5.74) is 1.64. The Hall–Kier alpha value is -2.71. The average molecular weight is 458 g/mol. The first kappa shape index (κ1) is 23.9. The molecule has 0 atom stereocenters. The third-order valence-electron chi connectivity index (χ3n) is 5.51. The fourth-order valence-corrected chi connectivity index (χ4v) is 5.25. The van der Waals surface area contributed by atoms with Gasteiger partial charge >= 0.3 is 0 Å². The van der Waals surface area contributed by atoms with E-state index in [0.29, 0.717) is 49.6 Å². The molecule has 1 aliphatic rings. The van der Waals surface area contributed by atoms with Gasteiger partial charge in [-0.3, -0.25) is 9.59 Å². The maximum Gasteiger partial charge on any atom is 0.253 e. The summed E-state index contributed by atoms with van der Waals surface area (Å²) >= 11 is 0. The molecule has 0 aliphatic carbocycles. The van der Waals surface area contributed by atoms with Crippen molar-refractivity contribution in [3.05, 3.63) is 65.7 Å². The predicted molar refractivity (Wildman–Crippen MR) is 126 cm³/mol. The number of hydrogen-bond donors (Lipinski definition) is 2. The van der Waals surface area contributed by atoms with Crippen LogP contribution in [0, 0.1) is 11.8 Å². The Morgan fingerprint density at radius 3 is 2.28 bits per heavy atom. The Kier molecular flexibility index (Phi) is 8.04. The largest absolute Gasteiger partial charge is 0.352 e. The second-order valence-electron chi connectivity index (χ2n) is 8.55. The smallest absolute Gasteiger partial charge is 0.253 e. The molecule has 3 rings (SSSR count). The summed E-state index contributed by atoms with van der Waals surface area (Å²) in [7, 11) is -3.43. The van der Waals surface area contributed by atoms with E-state index in [1.807, 2.05) is 32.0 Å². The van der Waals surface area contributed by atoms with E-state index in [1.54, 1.807) is 36.4 Å². The molecule has 2 aromatic carbocycles. The number of rotatable bonds is 8. The molecule has 2 aromatic rings. The van der Waals surface area contributed by atoms with Crippen LogP contribution in [0.5, 0.6) is 0 Å². The van der Waals surface area contributed by atoms with E-state index in [2.05, 4.69) is 10.6 Å². The summed E-state index contributed by atoms with van der Waals surface area (Å²) in [5.74, 6) is -0.427. The molecule has 2 N–H and O–H groups in total. The zero-order valence-corrected chi connectivity index (χ0v) is 19.4. The molecule has 7 nitrogen and oxygen atoms in total. The molecule has 0 radical (unpaired) electrons. The van der Waals surface area contributed by atoms with Gasteiger partial charge in [0.15, 0.2) is 0 Å². The molecule has 0 saturated carbocycles. The third kappa shape index (κ3) is 6.40. The number of carbonyl (C=O) groups is 2. The number of piperidine rings is 1. The summed E-state index contributed by atoms with van der Waals surface area (Å²) in [6.45, 7) is 5.20. The predicted octanol–water partition coefficient (Wildman–Crippen LogP) is 3.25. The van der Waals surface area contributed by atoms with Crippen molar-refractivity contribution >= 4 is 27.5 Å². The summed E-state index contributed by atoms with van der Waals surface area (Å²) in [6.07, 6.45) is 0.892. The molecular weight excluding hydrogens is 426 g/mol. The van der Waals surface area contributed by atoms with Crippen molar-refractivity contribution in [2.75, 3.05) is 25.0 Å². The van der Waals surface area contributed by atoms with E-state index < -0.39 is 10.0 Å². The van der Waals surface area contributed by atoms with Crippen LogP contribution in [0.15, 0.2) is 54.6 Å². The van der Waals surface area contributed by atoms with Crippen molar-refractivity contribution in [2.24, 2.45) is 11.8 Å². The molecular formula is C24H31N3O4S. The second-order valence-corrected chi connectivity index (χ2v) is 10.5. The van der Waals surface area contributed by atoms with Crippen molar-refractivity contribution < 1.29 is 18.0 Å². The number of anilines is 1. The van der Waals surface area contributed by atoms with Crippen molar-refractivity contribution in [2.45, 2.75) is 32.4 Å². The second kappa shape index (κ2) is 10.7. The molecule has 1 aliphatic heterocycles. The fraction of sp³-hybridized carbons (Fsp3) is 0.417. The van der Waals surface area contributed by atoms with Gasteiger partial charge in [-0.2, -0.15) is 0 Å².